The number of nitrogens with zero attached hydrogens (tertiary/aromatic N) is 2. The van der Waals surface area contributed by atoms with E-state index in [0.717, 1.165) is 22.5 Å². The fraction of sp³-hybridized carbons (Fsp3) is 0.0625. The van der Waals surface area contributed by atoms with Crippen molar-refractivity contribution >= 4 is 34.8 Å². The average Bonchev–Trinajstić information content (AvgIpc) is 2.82. The molecule has 0 saturated heterocycles. The van der Waals surface area contributed by atoms with Gasteiger partial charge in [0.1, 0.15) is 0 Å². The van der Waals surface area contributed by atoms with Gasteiger partial charge in [-0.15, -0.1) is 0 Å². The van der Waals surface area contributed by atoms with Crippen LogP contribution in [0.15, 0.2) is 48.8 Å². The first-order chi connectivity index (χ1) is 10.1. The van der Waals surface area contributed by atoms with E-state index < -0.39 is 0 Å². The molecule has 0 radical (unpaired) electrons. The Balaban J connectivity index is 2.19. The molecular weight excluding hydrogens is 327 g/mol. The van der Waals surface area contributed by atoms with E-state index >= 15 is 0 Å². The third-order valence-electron chi connectivity index (χ3n) is 3.24. The molecule has 21 heavy (non-hydrogen) atoms. The number of hydrogen-bond acceptors (Lipinski definition) is 1. The van der Waals surface area contributed by atoms with Crippen LogP contribution in [0.5, 0.6) is 0 Å². The first kappa shape index (κ1) is 14.5. The van der Waals surface area contributed by atoms with Gasteiger partial charge >= 0.3 is 0 Å². The van der Waals surface area contributed by atoms with Crippen molar-refractivity contribution in [3.05, 3.63) is 63.9 Å². The average molecular weight is 338 g/mol. The number of rotatable bonds is 2. The fourth-order valence-corrected chi connectivity index (χ4v) is 2.87. The number of imidazole rings is 1. The van der Waals surface area contributed by atoms with Crippen molar-refractivity contribution in [2.45, 2.75) is 0 Å². The van der Waals surface area contributed by atoms with Gasteiger partial charge in [-0.05, 0) is 30.3 Å². The molecule has 5 heteroatoms. The van der Waals surface area contributed by atoms with Gasteiger partial charge in [0.2, 0.25) is 0 Å². The Bertz CT molecular complexity index is 792. The number of benzene rings is 2. The molecule has 1 aromatic heterocycles. The van der Waals surface area contributed by atoms with Gasteiger partial charge in [0.25, 0.3) is 0 Å². The highest BCUT2D eigenvalue weighted by molar-refractivity contribution is 6.36. The molecule has 0 unspecified atom stereocenters. The Morgan fingerprint density at radius 1 is 0.905 bits per heavy atom. The largest absolute Gasteiger partial charge is 0.333 e. The lowest BCUT2D eigenvalue weighted by Gasteiger charge is -2.09. The molecule has 0 amide bonds. The number of hydrogen-bond donors (Lipinski definition) is 0. The van der Waals surface area contributed by atoms with E-state index in [-0.39, 0.29) is 0 Å². The van der Waals surface area contributed by atoms with Gasteiger partial charge in [-0.1, -0.05) is 46.9 Å². The van der Waals surface area contributed by atoms with Crippen LogP contribution in [-0.2, 0) is 7.05 Å². The van der Waals surface area contributed by atoms with Crippen molar-refractivity contribution in [3.63, 3.8) is 0 Å². The first-order valence-corrected chi connectivity index (χ1v) is 7.42. The van der Waals surface area contributed by atoms with E-state index in [1.54, 1.807) is 12.4 Å². The van der Waals surface area contributed by atoms with Crippen molar-refractivity contribution in [2.75, 3.05) is 0 Å². The van der Waals surface area contributed by atoms with E-state index in [0.29, 0.717) is 15.1 Å². The van der Waals surface area contributed by atoms with Crippen LogP contribution in [0.2, 0.25) is 15.1 Å². The quantitative estimate of drug-likeness (QED) is 0.585. The van der Waals surface area contributed by atoms with Gasteiger partial charge in [-0.3, -0.25) is 0 Å². The fourth-order valence-electron chi connectivity index (χ4n) is 2.25. The maximum Gasteiger partial charge on any atom is 0.0963 e. The standard InChI is InChI=1S/C16H11Cl3N2/c1-21-9-20-15(10-2-4-11(17)5-3-10)16(21)13-7-6-12(18)8-14(13)19/h2-9H,1H3. The van der Waals surface area contributed by atoms with Crippen LogP contribution in [0.3, 0.4) is 0 Å². The molecule has 3 aromatic rings. The molecule has 0 bridgehead atoms. The minimum Gasteiger partial charge on any atom is -0.333 e. The Hall–Kier alpha value is -1.48. The van der Waals surface area contributed by atoms with Crippen LogP contribution in [0.1, 0.15) is 0 Å². The van der Waals surface area contributed by atoms with E-state index in [4.69, 9.17) is 34.8 Å². The second-order valence-electron chi connectivity index (χ2n) is 4.68. The van der Waals surface area contributed by atoms with Gasteiger partial charge < -0.3 is 4.57 Å². The summed E-state index contributed by atoms with van der Waals surface area (Å²) in [6.07, 6.45) is 1.77. The normalized spacial score (nSPS) is 10.9. The van der Waals surface area contributed by atoms with Crippen LogP contribution in [0, 0.1) is 0 Å². The third kappa shape index (κ3) is 2.80. The molecule has 2 aromatic carbocycles. The lowest BCUT2D eigenvalue weighted by molar-refractivity contribution is 0.921. The molecule has 0 atom stereocenters. The minimum absolute atomic E-state index is 0.598. The van der Waals surface area contributed by atoms with Crippen LogP contribution < -0.4 is 0 Å². The second-order valence-corrected chi connectivity index (χ2v) is 5.96. The minimum atomic E-state index is 0.598. The summed E-state index contributed by atoms with van der Waals surface area (Å²) in [4.78, 5) is 4.48. The summed E-state index contributed by atoms with van der Waals surface area (Å²) < 4.78 is 1.94. The van der Waals surface area contributed by atoms with E-state index in [1.807, 2.05) is 48.0 Å². The SMILES string of the molecule is Cn1cnc(-c2ccc(Cl)cc2)c1-c1ccc(Cl)cc1Cl. The summed E-state index contributed by atoms with van der Waals surface area (Å²) in [6.45, 7) is 0. The first-order valence-electron chi connectivity index (χ1n) is 6.29. The van der Waals surface area contributed by atoms with E-state index in [2.05, 4.69) is 4.98 Å². The third-order valence-corrected chi connectivity index (χ3v) is 4.04. The molecule has 0 aliphatic carbocycles. The Morgan fingerprint density at radius 2 is 1.57 bits per heavy atom. The zero-order valence-corrected chi connectivity index (χ0v) is 13.4. The zero-order valence-electron chi connectivity index (χ0n) is 11.1. The van der Waals surface area contributed by atoms with Gasteiger partial charge in [-0.2, -0.15) is 0 Å². The number of aryl methyl sites for hydroxylation is 1. The summed E-state index contributed by atoms with van der Waals surface area (Å²) in [6, 6.07) is 13.0. The Morgan fingerprint density at radius 3 is 2.24 bits per heavy atom. The topological polar surface area (TPSA) is 17.8 Å². The maximum atomic E-state index is 6.33. The molecule has 0 fully saturated rings. The number of halogens is 3. The predicted molar refractivity (Wildman–Crippen MR) is 89.1 cm³/mol. The molecule has 0 aliphatic heterocycles. The monoisotopic (exact) mass is 336 g/mol. The molecule has 0 aliphatic rings. The summed E-state index contributed by atoms with van der Waals surface area (Å²) in [5, 5.41) is 1.90. The summed E-state index contributed by atoms with van der Waals surface area (Å²) in [7, 11) is 1.94. The van der Waals surface area contributed by atoms with Crippen LogP contribution in [0.25, 0.3) is 22.5 Å². The Labute approximate surface area is 137 Å². The molecule has 106 valence electrons. The van der Waals surface area contributed by atoms with E-state index in [1.165, 1.54) is 0 Å². The summed E-state index contributed by atoms with van der Waals surface area (Å²) in [5.74, 6) is 0. The summed E-state index contributed by atoms with van der Waals surface area (Å²) in [5.41, 5.74) is 3.68. The second kappa shape index (κ2) is 5.72. The molecule has 0 saturated carbocycles. The van der Waals surface area contributed by atoms with Crippen LogP contribution in [0.4, 0.5) is 0 Å². The number of aromatic nitrogens is 2. The molecular formula is C16H11Cl3N2. The molecule has 0 N–H and O–H groups in total. The van der Waals surface area contributed by atoms with Crippen molar-refractivity contribution in [1.29, 1.82) is 0 Å². The van der Waals surface area contributed by atoms with Crippen LogP contribution >= 0.6 is 34.8 Å². The van der Waals surface area contributed by atoms with E-state index in [9.17, 15) is 0 Å². The zero-order chi connectivity index (χ0) is 15.0. The van der Waals surface area contributed by atoms with Gasteiger partial charge in [-0.25, -0.2) is 4.98 Å². The molecule has 0 spiro atoms. The smallest absolute Gasteiger partial charge is 0.0963 e. The lowest BCUT2D eigenvalue weighted by atomic mass is 10.0. The molecule has 1 heterocycles. The van der Waals surface area contributed by atoms with Crippen molar-refractivity contribution in [2.24, 2.45) is 7.05 Å². The van der Waals surface area contributed by atoms with Crippen LogP contribution in [-0.4, -0.2) is 9.55 Å². The molecule has 2 nitrogen and oxygen atoms in total. The van der Waals surface area contributed by atoms with Crippen molar-refractivity contribution in [3.8, 4) is 22.5 Å². The highest BCUT2D eigenvalue weighted by Crippen LogP contribution is 2.36. The van der Waals surface area contributed by atoms with Crippen molar-refractivity contribution in [1.82, 2.24) is 9.55 Å². The lowest BCUT2D eigenvalue weighted by Crippen LogP contribution is -1.92. The van der Waals surface area contributed by atoms with Gasteiger partial charge in [0.05, 0.1) is 22.7 Å². The van der Waals surface area contributed by atoms with Gasteiger partial charge in [0.15, 0.2) is 0 Å². The predicted octanol–water partition coefficient (Wildman–Crippen LogP) is 5.71. The highest BCUT2D eigenvalue weighted by atomic mass is 35.5. The van der Waals surface area contributed by atoms with Crippen molar-refractivity contribution < 1.29 is 0 Å². The molecule has 3 rings (SSSR count). The summed E-state index contributed by atoms with van der Waals surface area (Å²) >= 11 is 18.2. The highest BCUT2D eigenvalue weighted by Gasteiger charge is 2.16. The maximum absolute atomic E-state index is 6.33. The Kier molecular flexibility index (Phi) is 3.94. The van der Waals surface area contributed by atoms with Gasteiger partial charge in [0, 0.05) is 28.2 Å².